The first-order valence-corrected chi connectivity index (χ1v) is 13.0. The van der Waals surface area contributed by atoms with E-state index in [0.717, 1.165) is 53.9 Å². The number of likely N-dealkylation sites (N-methyl/N-ethyl adjacent to an activating group) is 1. The van der Waals surface area contributed by atoms with E-state index in [4.69, 9.17) is 4.98 Å². The number of amides is 1. The minimum Gasteiger partial charge on any atom is -0.389 e. The number of aromatic nitrogens is 2. The van der Waals surface area contributed by atoms with Gasteiger partial charge in [-0.3, -0.25) is 4.79 Å². The standard InChI is InChI=1S/C30H33N5O2/c1-19-12-23(13-20(2)28(19)34-10-8-33(3)9-11-34)24-14-26-27(16-32-29(26)31-15-24)21-4-6-22(7-5-21)30(37)35-17-25(36)18-35/h4-7,12-16,25,36H,8-11,17-18H2,1-3H3,(H,31,32). The first kappa shape index (κ1) is 23.7. The van der Waals surface area contributed by atoms with E-state index in [0.29, 0.717) is 18.7 Å². The van der Waals surface area contributed by atoms with Crippen LogP contribution in [-0.2, 0) is 0 Å². The molecular weight excluding hydrogens is 462 g/mol. The molecule has 7 heteroatoms. The maximum atomic E-state index is 12.6. The van der Waals surface area contributed by atoms with Gasteiger partial charge in [0.15, 0.2) is 0 Å². The highest BCUT2D eigenvalue weighted by molar-refractivity contribution is 5.98. The highest BCUT2D eigenvalue weighted by Crippen LogP contribution is 2.35. The lowest BCUT2D eigenvalue weighted by Crippen LogP contribution is -2.53. The maximum absolute atomic E-state index is 12.6. The van der Waals surface area contributed by atoms with Crippen molar-refractivity contribution in [2.24, 2.45) is 0 Å². The molecule has 2 fully saturated rings. The third kappa shape index (κ3) is 4.38. The summed E-state index contributed by atoms with van der Waals surface area (Å²) < 4.78 is 0. The molecule has 2 aromatic carbocycles. The molecule has 0 unspecified atom stereocenters. The average Bonchev–Trinajstić information content (AvgIpc) is 3.30. The van der Waals surface area contributed by atoms with Crippen LogP contribution in [-0.4, -0.2) is 83.2 Å². The third-order valence-corrected chi connectivity index (χ3v) is 7.77. The van der Waals surface area contributed by atoms with Crippen molar-refractivity contribution >= 4 is 22.6 Å². The first-order chi connectivity index (χ1) is 17.9. The van der Waals surface area contributed by atoms with Crippen molar-refractivity contribution in [3.63, 3.8) is 0 Å². The maximum Gasteiger partial charge on any atom is 0.254 e. The fraction of sp³-hybridized carbons (Fsp3) is 0.333. The van der Waals surface area contributed by atoms with E-state index in [9.17, 15) is 9.90 Å². The van der Waals surface area contributed by atoms with Gasteiger partial charge in [-0.1, -0.05) is 12.1 Å². The van der Waals surface area contributed by atoms with E-state index in [2.05, 4.69) is 53.9 Å². The number of aliphatic hydroxyl groups is 1. The monoisotopic (exact) mass is 495 g/mol. The molecule has 0 aliphatic carbocycles. The van der Waals surface area contributed by atoms with Crippen molar-refractivity contribution in [3.8, 4) is 22.3 Å². The number of rotatable bonds is 4. The van der Waals surface area contributed by atoms with Crippen LogP contribution in [0.15, 0.2) is 54.9 Å². The molecule has 37 heavy (non-hydrogen) atoms. The zero-order valence-corrected chi connectivity index (χ0v) is 21.7. The molecule has 2 aromatic heterocycles. The summed E-state index contributed by atoms with van der Waals surface area (Å²) in [6.45, 7) is 9.54. The van der Waals surface area contributed by atoms with Crippen molar-refractivity contribution in [1.29, 1.82) is 0 Å². The molecule has 2 saturated heterocycles. The predicted octanol–water partition coefficient (Wildman–Crippen LogP) is 4.08. The number of fused-ring (bicyclic) bond motifs is 1. The normalized spacial score (nSPS) is 16.9. The molecule has 1 amide bonds. The predicted molar refractivity (Wildman–Crippen MR) is 148 cm³/mol. The van der Waals surface area contributed by atoms with Gasteiger partial charge < -0.3 is 24.8 Å². The van der Waals surface area contributed by atoms with Crippen LogP contribution in [0.1, 0.15) is 21.5 Å². The first-order valence-electron chi connectivity index (χ1n) is 13.0. The van der Waals surface area contributed by atoms with Crippen LogP contribution in [0.2, 0.25) is 0 Å². The molecule has 2 aliphatic heterocycles. The molecule has 0 spiro atoms. The van der Waals surface area contributed by atoms with Gasteiger partial charge in [-0.15, -0.1) is 0 Å². The van der Waals surface area contributed by atoms with Crippen LogP contribution in [0.4, 0.5) is 5.69 Å². The summed E-state index contributed by atoms with van der Waals surface area (Å²) >= 11 is 0. The largest absolute Gasteiger partial charge is 0.389 e. The molecule has 190 valence electrons. The van der Waals surface area contributed by atoms with Gasteiger partial charge in [-0.05, 0) is 73.5 Å². The lowest BCUT2D eigenvalue weighted by Gasteiger charge is -2.36. The van der Waals surface area contributed by atoms with Crippen LogP contribution < -0.4 is 4.90 Å². The van der Waals surface area contributed by atoms with E-state index < -0.39 is 6.10 Å². The molecule has 7 nitrogen and oxygen atoms in total. The number of H-pyrrole nitrogens is 1. The Hall–Kier alpha value is -3.68. The van der Waals surface area contributed by atoms with Gasteiger partial charge in [0.2, 0.25) is 0 Å². The molecular formula is C30H33N5O2. The number of anilines is 1. The third-order valence-electron chi connectivity index (χ3n) is 7.77. The summed E-state index contributed by atoms with van der Waals surface area (Å²) in [4.78, 5) is 27.2. The Kier molecular flexibility index (Phi) is 5.97. The molecule has 2 aliphatic rings. The van der Waals surface area contributed by atoms with Gasteiger partial charge in [0.1, 0.15) is 5.65 Å². The SMILES string of the molecule is Cc1cc(-c2cnc3[nH]cc(-c4ccc(C(=O)N5CC(O)C5)cc4)c3c2)cc(C)c1N1CCN(C)CC1. The second-order valence-electron chi connectivity index (χ2n) is 10.5. The average molecular weight is 496 g/mol. The van der Waals surface area contributed by atoms with Gasteiger partial charge >= 0.3 is 0 Å². The minimum atomic E-state index is -0.397. The summed E-state index contributed by atoms with van der Waals surface area (Å²) in [6.07, 6.45) is 3.53. The van der Waals surface area contributed by atoms with Gasteiger partial charge in [0.25, 0.3) is 5.91 Å². The molecule has 4 aromatic rings. The Morgan fingerprint density at radius 2 is 1.62 bits per heavy atom. The van der Waals surface area contributed by atoms with E-state index >= 15 is 0 Å². The van der Waals surface area contributed by atoms with Crippen LogP contribution in [0.5, 0.6) is 0 Å². The fourth-order valence-corrected chi connectivity index (χ4v) is 5.65. The number of hydrogen-bond donors (Lipinski definition) is 2. The molecule has 2 N–H and O–H groups in total. The van der Waals surface area contributed by atoms with E-state index in [1.54, 1.807) is 4.90 Å². The fourth-order valence-electron chi connectivity index (χ4n) is 5.65. The number of nitrogens with zero attached hydrogens (tertiary/aromatic N) is 4. The number of carbonyl (C=O) groups is 1. The van der Waals surface area contributed by atoms with E-state index in [-0.39, 0.29) is 5.91 Å². The van der Waals surface area contributed by atoms with Crippen molar-refractivity contribution < 1.29 is 9.90 Å². The Balaban J connectivity index is 1.29. The zero-order valence-electron chi connectivity index (χ0n) is 21.7. The second-order valence-corrected chi connectivity index (χ2v) is 10.5. The highest BCUT2D eigenvalue weighted by Gasteiger charge is 2.29. The van der Waals surface area contributed by atoms with Crippen molar-refractivity contribution in [1.82, 2.24) is 19.8 Å². The van der Waals surface area contributed by atoms with Crippen molar-refractivity contribution in [2.75, 3.05) is 51.2 Å². The number of likely N-dealkylation sites (tertiary alicyclic amines) is 1. The van der Waals surface area contributed by atoms with Crippen molar-refractivity contribution in [2.45, 2.75) is 20.0 Å². The van der Waals surface area contributed by atoms with Gasteiger partial charge in [0.05, 0.1) is 6.10 Å². The molecule has 0 atom stereocenters. The Morgan fingerprint density at radius 3 is 2.27 bits per heavy atom. The van der Waals surface area contributed by atoms with Gasteiger partial charge in [-0.25, -0.2) is 4.98 Å². The number of aromatic amines is 1. The second kappa shape index (κ2) is 9.32. The molecule has 0 bridgehead atoms. The number of carbonyl (C=O) groups excluding carboxylic acids is 1. The number of β-amino-alcohol motifs (C(OH)–C–C–N with tert-alkyl or cyclic N) is 1. The van der Waals surface area contributed by atoms with E-state index in [1.165, 1.54) is 22.4 Å². The number of pyridine rings is 1. The molecule has 0 saturated carbocycles. The smallest absolute Gasteiger partial charge is 0.254 e. The summed E-state index contributed by atoms with van der Waals surface area (Å²) in [5.41, 5.74) is 9.79. The van der Waals surface area contributed by atoms with Crippen LogP contribution in [0.3, 0.4) is 0 Å². The van der Waals surface area contributed by atoms with Crippen LogP contribution in [0, 0.1) is 13.8 Å². The summed E-state index contributed by atoms with van der Waals surface area (Å²) in [7, 11) is 2.19. The number of benzene rings is 2. The minimum absolute atomic E-state index is 0.0366. The lowest BCUT2D eigenvalue weighted by molar-refractivity contribution is 0.00590. The topological polar surface area (TPSA) is 75.7 Å². The molecule has 4 heterocycles. The molecule has 6 rings (SSSR count). The van der Waals surface area contributed by atoms with Crippen LogP contribution in [0.25, 0.3) is 33.3 Å². The Bertz CT molecular complexity index is 1440. The zero-order chi connectivity index (χ0) is 25.7. The number of aryl methyl sites for hydroxylation is 2. The Morgan fingerprint density at radius 1 is 0.946 bits per heavy atom. The number of nitrogens with one attached hydrogen (secondary N) is 1. The number of hydrogen-bond acceptors (Lipinski definition) is 5. The summed E-state index contributed by atoms with van der Waals surface area (Å²) in [5, 5.41) is 10.6. The quantitative estimate of drug-likeness (QED) is 0.446. The Labute approximate surface area is 217 Å². The number of aliphatic hydroxyl groups excluding tert-OH is 1. The lowest BCUT2D eigenvalue weighted by atomic mass is 9.97. The van der Waals surface area contributed by atoms with Gasteiger partial charge in [-0.2, -0.15) is 0 Å². The molecule has 0 radical (unpaired) electrons. The summed E-state index contributed by atoms with van der Waals surface area (Å²) in [5.74, 6) is -0.0366. The van der Waals surface area contributed by atoms with E-state index in [1.807, 2.05) is 36.7 Å². The van der Waals surface area contributed by atoms with Crippen LogP contribution >= 0.6 is 0 Å². The number of piperazine rings is 1. The van der Waals surface area contributed by atoms with Crippen molar-refractivity contribution in [3.05, 3.63) is 71.5 Å². The summed E-state index contributed by atoms with van der Waals surface area (Å²) in [6, 6.07) is 14.5. The van der Waals surface area contributed by atoms with Gasteiger partial charge in [0, 0.05) is 79.4 Å². The highest BCUT2D eigenvalue weighted by atomic mass is 16.3.